The van der Waals surface area contributed by atoms with Gasteiger partial charge in [0.1, 0.15) is 11.7 Å². The largest absolute Gasteiger partial charge is 0.322 e. The highest BCUT2D eigenvalue weighted by molar-refractivity contribution is 7.11. The molecule has 0 spiro atoms. The summed E-state index contributed by atoms with van der Waals surface area (Å²) in [6, 6.07) is 16.3. The highest BCUT2D eigenvalue weighted by atomic mass is 35.5. The molecular weight excluding hydrogens is 704 g/mol. The molecule has 1 saturated heterocycles. The smallest absolute Gasteiger partial charge is 0.255 e. The van der Waals surface area contributed by atoms with Gasteiger partial charge < -0.3 is 4.90 Å². The first-order valence-corrected chi connectivity index (χ1v) is 18.6. The van der Waals surface area contributed by atoms with E-state index < -0.39 is 11.9 Å². The fourth-order valence-corrected chi connectivity index (χ4v) is 7.17. The molecule has 4 aromatic rings. The van der Waals surface area contributed by atoms with Crippen molar-refractivity contribution in [3.8, 4) is 23.7 Å². The third-order valence-electron chi connectivity index (χ3n) is 8.91. The number of imide groups is 1. The molecular formula is C42H37ClN6O3S. The third-order valence-corrected chi connectivity index (χ3v) is 10.2. The fourth-order valence-electron chi connectivity index (χ4n) is 6.13. The number of unbranched alkanes of at least 4 members (excludes halogenated alkanes) is 1. The van der Waals surface area contributed by atoms with Gasteiger partial charge in [-0.05, 0) is 98.9 Å². The lowest BCUT2D eigenvalue weighted by atomic mass is 10.0. The first-order valence-electron chi connectivity index (χ1n) is 17.4. The van der Waals surface area contributed by atoms with Gasteiger partial charge in [0.25, 0.3) is 5.91 Å². The summed E-state index contributed by atoms with van der Waals surface area (Å²) in [5.74, 6) is 12.1. The van der Waals surface area contributed by atoms with Crippen molar-refractivity contribution in [3.05, 3.63) is 121 Å². The minimum Gasteiger partial charge on any atom is -0.322 e. The van der Waals surface area contributed by atoms with Crippen LogP contribution < -0.4 is 5.32 Å². The first kappa shape index (κ1) is 37.1. The maximum Gasteiger partial charge on any atom is 0.255 e. The highest BCUT2D eigenvalue weighted by Crippen LogP contribution is 2.30. The SMILES string of the molecule is C/C=N/N=C/[C@H](C)/N=C(/c1ccc(Cl)cc1)c1csc(C#Cc2ccc(CCCC#Cc3cccc4c3CN(C3CCC(=O)NC3=O)C4=O)cn2)c1C. The second-order valence-electron chi connectivity index (χ2n) is 12.7. The maximum atomic E-state index is 13.1. The van der Waals surface area contributed by atoms with Gasteiger partial charge >= 0.3 is 0 Å². The van der Waals surface area contributed by atoms with E-state index in [1.165, 1.54) is 0 Å². The predicted octanol–water partition coefficient (Wildman–Crippen LogP) is 6.94. The summed E-state index contributed by atoms with van der Waals surface area (Å²) in [4.78, 5) is 49.1. The Morgan fingerprint density at radius 2 is 1.92 bits per heavy atom. The molecule has 2 aromatic heterocycles. The van der Waals surface area contributed by atoms with Crippen LogP contribution in [0.2, 0.25) is 5.02 Å². The number of hydrogen-bond donors (Lipinski definition) is 1. The molecule has 2 aliphatic heterocycles. The summed E-state index contributed by atoms with van der Waals surface area (Å²) in [6.07, 6.45) is 8.10. The Morgan fingerprint density at radius 1 is 1.09 bits per heavy atom. The number of aryl methyl sites for hydroxylation is 1. The van der Waals surface area contributed by atoms with E-state index in [0.29, 0.717) is 35.7 Å². The number of halogens is 1. The number of thiophene rings is 1. The summed E-state index contributed by atoms with van der Waals surface area (Å²) >= 11 is 7.75. The summed E-state index contributed by atoms with van der Waals surface area (Å²) in [7, 11) is 0. The lowest BCUT2D eigenvalue weighted by molar-refractivity contribution is -0.136. The zero-order chi connectivity index (χ0) is 37.3. The van der Waals surface area contributed by atoms with Crippen molar-refractivity contribution < 1.29 is 14.4 Å². The molecule has 3 amide bonds. The number of piperidine rings is 1. The molecule has 9 nitrogen and oxygen atoms in total. The maximum absolute atomic E-state index is 13.1. The number of nitrogens with one attached hydrogen (secondary N) is 1. The minimum atomic E-state index is -0.646. The molecule has 6 rings (SSSR count). The molecule has 0 saturated carbocycles. The molecule has 266 valence electrons. The Kier molecular flexibility index (Phi) is 12.1. The van der Waals surface area contributed by atoms with Crippen molar-refractivity contribution in [2.24, 2.45) is 15.2 Å². The van der Waals surface area contributed by atoms with Gasteiger partial charge in [-0.3, -0.25) is 24.7 Å². The summed E-state index contributed by atoms with van der Waals surface area (Å²) in [5.41, 5.74) is 7.83. The van der Waals surface area contributed by atoms with Crippen LogP contribution in [-0.2, 0) is 22.6 Å². The second kappa shape index (κ2) is 17.2. The van der Waals surface area contributed by atoms with E-state index in [0.717, 1.165) is 56.8 Å². The first-order chi connectivity index (χ1) is 25.7. The standard InChI is InChI=1S/C42H37ClN6O3S/c1-4-45-46-23-27(2)47-40(31-14-16-32(43)17-15-31)36-26-53-38(28(36)3)21-19-33-18-13-29(24-44-33)9-6-5-7-10-30-11-8-12-34-35(30)25-49(42(34)52)37-20-22-39(50)48-41(37)51/h4,8,11-18,23-24,26-27,37H,5-6,9,20,22,25H2,1-3H3,(H,48,50,51)/b45-4+,46-23+,47-40-/t27-,37?/m0/s1. The normalized spacial score (nSPS) is 16.3. The zero-order valence-electron chi connectivity index (χ0n) is 29.6. The number of aliphatic imine (C=N–C) groups is 1. The molecule has 1 N–H and O–H groups in total. The number of benzene rings is 2. The van der Waals surface area contributed by atoms with E-state index in [4.69, 9.17) is 16.6 Å². The van der Waals surface area contributed by atoms with E-state index >= 15 is 0 Å². The minimum absolute atomic E-state index is 0.190. The molecule has 2 aromatic carbocycles. The van der Waals surface area contributed by atoms with Crippen molar-refractivity contribution >= 4 is 58.8 Å². The van der Waals surface area contributed by atoms with Gasteiger partial charge in [-0.2, -0.15) is 10.2 Å². The van der Waals surface area contributed by atoms with Crippen LogP contribution in [0.1, 0.15) is 93.8 Å². The molecule has 53 heavy (non-hydrogen) atoms. The summed E-state index contributed by atoms with van der Waals surface area (Å²) in [5, 5.41) is 13.1. The van der Waals surface area contributed by atoms with Crippen LogP contribution in [0.15, 0.2) is 81.4 Å². The van der Waals surface area contributed by atoms with Crippen LogP contribution in [0.4, 0.5) is 0 Å². The Morgan fingerprint density at radius 3 is 2.68 bits per heavy atom. The van der Waals surface area contributed by atoms with Crippen molar-refractivity contribution in [3.63, 3.8) is 0 Å². The number of aromatic nitrogens is 1. The molecule has 0 bridgehead atoms. The van der Waals surface area contributed by atoms with Crippen LogP contribution in [-0.4, -0.2) is 57.8 Å². The van der Waals surface area contributed by atoms with Gasteiger partial charge in [0.15, 0.2) is 0 Å². The molecule has 1 unspecified atom stereocenters. The van der Waals surface area contributed by atoms with Gasteiger partial charge in [0.2, 0.25) is 11.8 Å². The molecule has 1 fully saturated rings. The molecule has 2 atom stereocenters. The quantitative estimate of drug-likeness (QED) is 0.0658. The Bertz CT molecular complexity index is 2250. The summed E-state index contributed by atoms with van der Waals surface area (Å²) in [6.45, 7) is 6.15. The van der Waals surface area contributed by atoms with Crippen LogP contribution >= 0.6 is 22.9 Å². The van der Waals surface area contributed by atoms with Crippen molar-refractivity contribution in [2.75, 3.05) is 0 Å². The topological polar surface area (TPSA) is 116 Å². The molecule has 0 aliphatic carbocycles. The van der Waals surface area contributed by atoms with Crippen molar-refractivity contribution in [2.45, 2.75) is 71.5 Å². The average Bonchev–Trinajstić information content (AvgIpc) is 3.69. The number of rotatable bonds is 9. The van der Waals surface area contributed by atoms with Gasteiger partial charge in [0.05, 0.1) is 22.8 Å². The molecule has 2 aliphatic rings. The van der Waals surface area contributed by atoms with E-state index in [1.807, 2.05) is 68.6 Å². The van der Waals surface area contributed by atoms with Gasteiger partial charge in [0, 0.05) is 64.5 Å². The van der Waals surface area contributed by atoms with E-state index in [2.05, 4.69) is 56.5 Å². The number of carbonyl (C=O) groups is 3. The van der Waals surface area contributed by atoms with E-state index in [-0.39, 0.29) is 24.3 Å². The van der Waals surface area contributed by atoms with Gasteiger partial charge in [-0.15, -0.1) is 11.3 Å². The van der Waals surface area contributed by atoms with Crippen LogP contribution in [0.3, 0.4) is 0 Å². The number of fused-ring (bicyclic) bond motifs is 1. The van der Waals surface area contributed by atoms with Crippen molar-refractivity contribution in [1.29, 1.82) is 0 Å². The highest BCUT2D eigenvalue weighted by Gasteiger charge is 2.39. The fraction of sp³-hybridized carbons (Fsp3) is 0.262. The lowest BCUT2D eigenvalue weighted by Gasteiger charge is -2.29. The molecule has 11 heteroatoms. The van der Waals surface area contributed by atoms with Gasteiger partial charge in [-0.1, -0.05) is 47.7 Å². The molecule has 4 heterocycles. The number of carbonyl (C=O) groups excluding carboxylic acids is 3. The molecule has 0 radical (unpaired) electrons. The summed E-state index contributed by atoms with van der Waals surface area (Å²) < 4.78 is 0. The van der Waals surface area contributed by atoms with Gasteiger partial charge in [-0.25, -0.2) is 4.98 Å². The average molecular weight is 741 g/mol. The Balaban J connectivity index is 1.07. The second-order valence-corrected chi connectivity index (χ2v) is 14.0. The van der Waals surface area contributed by atoms with Crippen LogP contribution in [0, 0.1) is 30.6 Å². The van der Waals surface area contributed by atoms with Crippen LogP contribution in [0.5, 0.6) is 0 Å². The number of hydrogen-bond acceptors (Lipinski definition) is 8. The number of pyridine rings is 1. The Labute approximate surface area is 318 Å². The monoisotopic (exact) mass is 740 g/mol. The Hall–Kier alpha value is -5.68. The predicted molar refractivity (Wildman–Crippen MR) is 211 cm³/mol. The lowest BCUT2D eigenvalue weighted by Crippen LogP contribution is -2.52. The zero-order valence-corrected chi connectivity index (χ0v) is 31.2. The van der Waals surface area contributed by atoms with Crippen LogP contribution in [0.25, 0.3) is 0 Å². The third kappa shape index (κ3) is 9.04. The van der Waals surface area contributed by atoms with E-state index in [1.54, 1.807) is 34.7 Å². The van der Waals surface area contributed by atoms with E-state index in [9.17, 15) is 14.4 Å². The number of nitrogens with zero attached hydrogens (tertiary/aromatic N) is 5. The number of amides is 3. The van der Waals surface area contributed by atoms with Crippen molar-refractivity contribution in [1.82, 2.24) is 15.2 Å².